The van der Waals surface area contributed by atoms with Gasteiger partial charge in [0.25, 0.3) is 0 Å². The fraction of sp³-hybridized carbons (Fsp3) is 1.00. The summed E-state index contributed by atoms with van der Waals surface area (Å²) in [4.78, 5) is 0. The molecule has 0 spiro atoms. The van der Waals surface area contributed by atoms with Gasteiger partial charge in [0, 0.05) is 103 Å². The molecular weight excluding hydrogens is 273 g/mol. The Balaban J connectivity index is 0. The number of hydrogen-bond acceptors (Lipinski definition) is 0. The molecule has 0 fully saturated rings. The molecule has 0 bridgehead atoms. The first-order chi connectivity index (χ1) is 9.13. The summed E-state index contributed by atoms with van der Waals surface area (Å²) < 4.78 is 0. The van der Waals surface area contributed by atoms with E-state index in [0.717, 1.165) is 0 Å². The minimum Gasteiger partial charge on any atom is -0.101 e. The fourth-order valence-corrected chi connectivity index (χ4v) is 3.16. The van der Waals surface area contributed by atoms with Crippen LogP contribution in [-0.2, 0) is 18.6 Å². The first-order valence-electron chi connectivity index (χ1n) is 7.55. The van der Waals surface area contributed by atoms with Crippen LogP contribution in [0, 0.1) is 0 Å². The topological polar surface area (TPSA) is 0 Å². The van der Waals surface area contributed by atoms with E-state index < -0.39 is 12.8 Å². The van der Waals surface area contributed by atoms with Crippen molar-refractivity contribution in [3.63, 3.8) is 0 Å². The van der Waals surface area contributed by atoms with Crippen molar-refractivity contribution in [2.24, 2.45) is 0 Å². The van der Waals surface area contributed by atoms with Crippen molar-refractivity contribution in [1.82, 2.24) is 0 Å². The second-order valence-corrected chi connectivity index (χ2v) is 6.48. The molecule has 13 radical (unpaired) electrons. The molecule has 0 rings (SSSR count). The van der Waals surface area contributed by atoms with Crippen LogP contribution in [0.2, 0.25) is 34.1 Å². The van der Waals surface area contributed by atoms with E-state index in [1.165, 1.54) is 0 Å². The summed E-state index contributed by atoms with van der Waals surface area (Å²) in [6.07, 6.45) is -0.839. The molecule has 0 aliphatic rings. The van der Waals surface area contributed by atoms with Crippen LogP contribution >= 0.6 is 0 Å². The third-order valence-corrected chi connectivity index (χ3v) is 4.15. The predicted molar refractivity (Wildman–Crippen MR) is 116 cm³/mol. The van der Waals surface area contributed by atoms with E-state index in [2.05, 4.69) is 34.4 Å². The van der Waals surface area contributed by atoms with Crippen LogP contribution in [0.5, 0.6) is 0 Å². The molecule has 0 saturated heterocycles. The van der Waals surface area contributed by atoms with E-state index in [1.807, 2.05) is 14.0 Å². The number of rotatable bonds is 9. The van der Waals surface area contributed by atoms with E-state index in [9.17, 15) is 0 Å². The Hall–Kier alpha value is 1.56. The summed E-state index contributed by atoms with van der Waals surface area (Å²) in [5, 5.41) is 0. The van der Waals surface area contributed by atoms with Crippen molar-refractivity contribution in [2.45, 2.75) is 34.1 Å². The summed E-state index contributed by atoms with van der Waals surface area (Å²) in [7, 11) is 33.7. The number of hydrogen-bond donors (Lipinski definition) is 0. The molecule has 16 heteroatoms. The van der Waals surface area contributed by atoms with Gasteiger partial charge in [0.15, 0.2) is 0 Å². The van der Waals surface area contributed by atoms with Crippen LogP contribution in [-0.4, -0.2) is 104 Å². The normalized spacial score (nSPS) is 8.81. The minimum atomic E-state index is -0.568. The van der Waals surface area contributed by atoms with Gasteiger partial charge in [0.05, 0.1) is 20.4 Å². The first-order valence-corrected chi connectivity index (χ1v) is 7.55. The van der Waals surface area contributed by atoms with Crippen molar-refractivity contribution < 1.29 is 18.6 Å². The van der Waals surface area contributed by atoms with E-state index in [-0.39, 0.29) is 37.7 Å². The van der Waals surface area contributed by atoms with E-state index >= 15 is 0 Å². The predicted octanol–water partition coefficient (Wildman–Crippen LogP) is -2.80. The molecule has 0 amide bonds. The summed E-state index contributed by atoms with van der Waals surface area (Å²) in [6, 6.07) is 0. The molecule has 0 aromatic heterocycles. The summed E-state index contributed by atoms with van der Waals surface area (Å²) >= 11 is 0. The maximum Gasteiger partial charge on any atom is 0.0850 e. The second-order valence-electron chi connectivity index (χ2n) is 6.48. The van der Waals surface area contributed by atoms with Gasteiger partial charge in [-0.2, -0.15) is 0 Å². The Morgan fingerprint density at radius 1 is 0.714 bits per heavy atom. The quantitative estimate of drug-likeness (QED) is 0.402. The molecule has 85 valence electrons. The van der Waals surface area contributed by atoms with Gasteiger partial charge in [-0.15, -0.1) is 6.82 Å². The Bertz CT molecular complexity index is 242. The van der Waals surface area contributed by atoms with Gasteiger partial charge in [-0.3, -0.25) is 0 Å². The molecular formula is C5H15B15V. The first kappa shape index (κ1) is 24.8. The zero-order valence-electron chi connectivity index (χ0n) is 14.1. The molecule has 0 aromatic rings. The molecule has 0 saturated carbocycles. The average molecular weight is 288 g/mol. The van der Waals surface area contributed by atoms with E-state index in [4.69, 9.17) is 38.7 Å². The van der Waals surface area contributed by atoms with Crippen LogP contribution in [0.15, 0.2) is 0 Å². The molecule has 0 aliphatic carbocycles. The van der Waals surface area contributed by atoms with Gasteiger partial charge < -0.3 is 0 Å². The molecule has 0 heterocycles. The summed E-state index contributed by atoms with van der Waals surface area (Å²) in [5.74, 6) is 0. The zero-order valence-corrected chi connectivity index (χ0v) is 15.5. The van der Waals surface area contributed by atoms with Crippen molar-refractivity contribution in [2.75, 3.05) is 0 Å². The average Bonchev–Trinajstić information content (AvgIpc) is 2.30. The third kappa shape index (κ3) is 8.28. The van der Waals surface area contributed by atoms with E-state index in [1.54, 1.807) is 0 Å². The maximum absolute atomic E-state index is 6.29. The molecule has 21 heavy (non-hydrogen) atoms. The molecule has 0 nitrogen and oxygen atoms in total. The van der Waals surface area contributed by atoms with Crippen molar-refractivity contribution in [1.29, 1.82) is 0 Å². The minimum absolute atomic E-state index is 0. The van der Waals surface area contributed by atoms with Crippen molar-refractivity contribution in [3.05, 3.63) is 0 Å². The molecule has 0 aromatic carbocycles. The van der Waals surface area contributed by atoms with Gasteiger partial charge in [0.1, 0.15) is 0 Å². The van der Waals surface area contributed by atoms with Crippen LogP contribution < -0.4 is 0 Å². The Morgan fingerprint density at radius 2 is 1.10 bits per heavy atom. The van der Waals surface area contributed by atoms with Gasteiger partial charge in [-0.05, 0) is 0 Å². The molecule has 0 N–H and O–H groups in total. The molecule has 0 atom stereocenters. The smallest absolute Gasteiger partial charge is 0.0850 e. The second kappa shape index (κ2) is 12.0. The largest absolute Gasteiger partial charge is 0.101 e. The molecule has 0 aliphatic heterocycles. The van der Waals surface area contributed by atoms with Crippen LogP contribution in [0.4, 0.5) is 0 Å². The third-order valence-electron chi connectivity index (χ3n) is 4.15. The van der Waals surface area contributed by atoms with Crippen LogP contribution in [0.25, 0.3) is 0 Å². The fourth-order valence-electron chi connectivity index (χ4n) is 3.16. The van der Waals surface area contributed by atoms with Gasteiger partial charge in [0.2, 0.25) is 0 Å². The monoisotopic (exact) mass is 291 g/mol. The Morgan fingerprint density at radius 3 is 1.33 bits per heavy atom. The van der Waals surface area contributed by atoms with E-state index in [0.29, 0.717) is 19.6 Å². The zero-order chi connectivity index (χ0) is 16.0. The maximum atomic E-state index is 6.29. The Kier molecular flexibility index (Phi) is 14.2. The van der Waals surface area contributed by atoms with Crippen molar-refractivity contribution in [3.8, 4) is 0 Å². The SMILES string of the molecule is [B]B([B])B([B]B(B([B])[B]C)B(B(C)C)B(C)C)B([B])[B].[V]. The van der Waals surface area contributed by atoms with Gasteiger partial charge in [-0.25, -0.2) is 0 Å². The Labute approximate surface area is 156 Å². The van der Waals surface area contributed by atoms with Crippen LogP contribution in [0.1, 0.15) is 0 Å². The van der Waals surface area contributed by atoms with Crippen LogP contribution in [0.3, 0.4) is 0 Å². The standard InChI is InChI=1S/C5H15B15.V/c1-11-17(10)19(20(13(2)3)14(4)5)12-18(15(6)7)16(8)9;/h1-5H3;. The summed E-state index contributed by atoms with van der Waals surface area (Å²) in [6.45, 7) is 11.8. The van der Waals surface area contributed by atoms with Gasteiger partial charge in [-0.1, -0.05) is 27.3 Å². The van der Waals surface area contributed by atoms with Gasteiger partial charge >= 0.3 is 0 Å². The van der Waals surface area contributed by atoms with Crippen molar-refractivity contribution >= 4 is 104 Å². The summed E-state index contributed by atoms with van der Waals surface area (Å²) in [5.41, 5.74) is 0. The molecule has 0 unspecified atom stereocenters.